The Morgan fingerprint density at radius 3 is 1.41 bits per heavy atom. The van der Waals surface area contributed by atoms with E-state index in [0.717, 1.165) is 38.3 Å². The quantitative estimate of drug-likeness (QED) is 0.0246. The van der Waals surface area contributed by atoms with Crippen LogP contribution in [0.1, 0.15) is 43.7 Å². The van der Waals surface area contributed by atoms with Gasteiger partial charge in [0.1, 0.15) is 42.0 Å². The molecule has 2 saturated heterocycles. The first kappa shape index (κ1) is 53.2. The normalized spacial score (nSPS) is 23.4. The van der Waals surface area contributed by atoms with Crippen LogP contribution in [0.3, 0.4) is 0 Å². The minimum atomic E-state index is -1.37. The van der Waals surface area contributed by atoms with Gasteiger partial charge in [0.15, 0.2) is 12.4 Å². The second kappa shape index (κ2) is 27.8. The summed E-state index contributed by atoms with van der Waals surface area (Å²) < 4.78 is 62.0. The van der Waals surface area contributed by atoms with Crippen molar-refractivity contribution in [1.82, 2.24) is 0 Å². The second-order valence-electron chi connectivity index (χ2n) is 18.3. The molecule has 13 nitrogen and oxygen atoms in total. The molecular formula is C61H61N3O10S. The van der Waals surface area contributed by atoms with Crippen molar-refractivity contribution in [2.75, 3.05) is 13.2 Å². The van der Waals surface area contributed by atoms with E-state index in [-0.39, 0.29) is 46.2 Å². The van der Waals surface area contributed by atoms with Gasteiger partial charge < -0.3 is 42.6 Å². The highest BCUT2D eigenvalue weighted by molar-refractivity contribution is 7.99. The summed E-state index contributed by atoms with van der Waals surface area (Å²) in [5, 5.41) is 4.41. The van der Waals surface area contributed by atoms with E-state index in [2.05, 4.69) is 10.0 Å². The number of thioether (sulfide) groups is 1. The zero-order chi connectivity index (χ0) is 51.4. The summed E-state index contributed by atoms with van der Waals surface area (Å²) in [7, 11) is 0. The van der Waals surface area contributed by atoms with Crippen molar-refractivity contribution in [3.8, 4) is 0 Å². The number of azide groups is 1. The maximum absolute atomic E-state index is 14.5. The lowest BCUT2D eigenvalue weighted by atomic mass is 9.95. The number of aryl methyl sites for hydroxylation is 1. The zero-order valence-electron chi connectivity index (χ0n) is 41.7. The van der Waals surface area contributed by atoms with Crippen molar-refractivity contribution >= 4 is 17.7 Å². The van der Waals surface area contributed by atoms with E-state index in [1.807, 2.05) is 189 Å². The molecule has 0 amide bonds. The molecule has 0 unspecified atom stereocenters. The molecule has 9 rings (SSSR count). The van der Waals surface area contributed by atoms with Gasteiger partial charge >= 0.3 is 5.97 Å². The first-order valence-electron chi connectivity index (χ1n) is 25.2. The van der Waals surface area contributed by atoms with Gasteiger partial charge in [0.25, 0.3) is 0 Å². The number of carbonyl (C=O) groups excluding carboxylic acids is 1. The van der Waals surface area contributed by atoms with Gasteiger partial charge in [-0.1, -0.05) is 204 Å². The van der Waals surface area contributed by atoms with Crippen molar-refractivity contribution in [1.29, 1.82) is 0 Å². The summed E-state index contributed by atoms with van der Waals surface area (Å²) in [6, 6.07) is 64.8. The fourth-order valence-corrected chi connectivity index (χ4v) is 10.1. The Kier molecular flexibility index (Phi) is 19.7. The Morgan fingerprint density at radius 1 is 0.507 bits per heavy atom. The first-order valence-corrected chi connectivity index (χ1v) is 26.1. The van der Waals surface area contributed by atoms with Crippen LogP contribution < -0.4 is 0 Å². The number of hydrogen-bond acceptors (Lipinski definition) is 12. The summed E-state index contributed by atoms with van der Waals surface area (Å²) in [6.45, 7) is 3.08. The van der Waals surface area contributed by atoms with Crippen molar-refractivity contribution in [3.05, 3.63) is 256 Å². The van der Waals surface area contributed by atoms with Crippen LogP contribution in [0.5, 0.6) is 0 Å². The lowest BCUT2D eigenvalue weighted by Gasteiger charge is -2.49. The molecule has 0 spiro atoms. The molecule has 10 atom stereocenters. The summed E-state index contributed by atoms with van der Waals surface area (Å²) in [4.78, 5) is 18.8. The smallest absolute Gasteiger partial charge is 0.338 e. The number of benzene rings is 7. The van der Waals surface area contributed by atoms with Crippen LogP contribution in [0.2, 0.25) is 0 Å². The largest absolute Gasteiger partial charge is 0.450 e. The van der Waals surface area contributed by atoms with E-state index in [9.17, 15) is 10.3 Å². The van der Waals surface area contributed by atoms with Crippen LogP contribution in [0.25, 0.3) is 10.4 Å². The Bertz CT molecular complexity index is 2820. The number of ether oxygens (including phenoxy) is 9. The fraction of sp³-hybridized carbons (Fsp3) is 0.295. The predicted molar refractivity (Wildman–Crippen MR) is 285 cm³/mol. The molecule has 14 heteroatoms. The van der Waals surface area contributed by atoms with Crippen molar-refractivity contribution < 1.29 is 47.4 Å². The Hall–Kier alpha value is -6.65. The maximum Gasteiger partial charge on any atom is 0.338 e. The highest BCUT2D eigenvalue weighted by atomic mass is 32.2. The molecule has 2 heterocycles. The molecule has 2 aliphatic heterocycles. The van der Waals surface area contributed by atoms with E-state index in [1.54, 1.807) is 24.3 Å². The average molecular weight is 1030 g/mol. The predicted octanol–water partition coefficient (Wildman–Crippen LogP) is 12.0. The zero-order valence-corrected chi connectivity index (χ0v) is 42.5. The Morgan fingerprint density at radius 2 is 0.933 bits per heavy atom. The topological polar surface area (TPSA) is 149 Å². The number of carbonyl (C=O) groups is 1. The minimum Gasteiger partial charge on any atom is -0.450 e. The molecule has 386 valence electrons. The third kappa shape index (κ3) is 15.2. The van der Waals surface area contributed by atoms with Crippen LogP contribution >= 0.6 is 11.8 Å². The third-order valence-corrected chi connectivity index (χ3v) is 14.0. The van der Waals surface area contributed by atoms with Gasteiger partial charge in [0.05, 0.1) is 57.9 Å². The van der Waals surface area contributed by atoms with E-state index in [4.69, 9.17) is 42.6 Å². The number of hydrogen-bond donors (Lipinski definition) is 0. The molecule has 0 N–H and O–H groups in total. The van der Waals surface area contributed by atoms with E-state index < -0.39 is 66.5 Å². The molecule has 0 aromatic heterocycles. The summed E-state index contributed by atoms with van der Waals surface area (Å²) >= 11 is 1.42. The summed E-state index contributed by atoms with van der Waals surface area (Å²) in [5.74, 6) is -0.632. The molecule has 2 aliphatic rings. The first-order chi connectivity index (χ1) is 37.0. The Balaban J connectivity index is 1.13. The second-order valence-corrected chi connectivity index (χ2v) is 19.5. The van der Waals surface area contributed by atoms with Crippen LogP contribution in [0, 0.1) is 6.92 Å². The highest BCUT2D eigenvalue weighted by Gasteiger charge is 2.55. The summed E-state index contributed by atoms with van der Waals surface area (Å²) in [5.41, 5.74) is 15.6. The highest BCUT2D eigenvalue weighted by Crippen LogP contribution is 2.40. The van der Waals surface area contributed by atoms with E-state index in [1.165, 1.54) is 11.8 Å². The van der Waals surface area contributed by atoms with E-state index >= 15 is 0 Å². The monoisotopic (exact) mass is 1030 g/mol. The van der Waals surface area contributed by atoms with Gasteiger partial charge in [0.2, 0.25) is 0 Å². The van der Waals surface area contributed by atoms with Gasteiger partial charge in [-0.25, -0.2) is 4.79 Å². The molecule has 0 bridgehead atoms. The minimum absolute atomic E-state index is 0.0280. The standard InChI is InChI=1S/C61H61N3O10S/c1-43-32-34-50(35-33-43)75-61-53(63-64-62)56(69-39-47-26-14-5-15-27-47)55(52(72-61)42-67-37-45-22-10-3-11-23-45)74-60-58(73-59(65)49-30-18-7-19-31-49)57(70-40-48-28-16-6-17-29-48)54(68-38-46-24-12-4-13-25-46)51(71-60)41-66-36-44-20-8-2-9-21-44/h2-35,51-58,60-61H,36-42H2,1H3/t51-,52-,53-,54+,55-,56-,57+,58-,60+,61-/m1/s1. The van der Waals surface area contributed by atoms with Gasteiger partial charge in [-0.15, -0.1) is 0 Å². The SMILES string of the molecule is Cc1ccc(S[C@H]2O[C@H](COCc3ccccc3)[C@@H](O[C@@H]3O[C@H](COCc4ccccc4)[C@H](OCc4ccccc4)[C@H](OCc4ccccc4)[C@H]3OC(=O)c3ccccc3)[C@H](OCc3ccccc3)[C@H]2N=[N+]=[N-])cc1. The molecule has 7 aromatic carbocycles. The summed E-state index contributed by atoms with van der Waals surface area (Å²) in [6.07, 6.45) is -8.28. The van der Waals surface area contributed by atoms with Crippen LogP contribution in [0.4, 0.5) is 0 Å². The van der Waals surface area contributed by atoms with Crippen molar-refractivity contribution in [2.24, 2.45) is 5.11 Å². The van der Waals surface area contributed by atoms with Crippen LogP contribution in [0.15, 0.2) is 216 Å². The molecular weight excluding hydrogens is 967 g/mol. The molecule has 75 heavy (non-hydrogen) atoms. The van der Waals surface area contributed by atoms with Gasteiger partial charge in [-0.3, -0.25) is 0 Å². The number of nitrogens with zero attached hydrogens (tertiary/aromatic N) is 3. The van der Waals surface area contributed by atoms with Crippen LogP contribution in [-0.4, -0.2) is 79.7 Å². The molecule has 2 fully saturated rings. The lowest BCUT2D eigenvalue weighted by molar-refractivity contribution is -0.346. The fourth-order valence-electron chi connectivity index (χ4n) is 9.01. The van der Waals surface area contributed by atoms with Gasteiger partial charge in [0, 0.05) is 9.81 Å². The maximum atomic E-state index is 14.5. The average Bonchev–Trinajstić information content (AvgIpc) is 3.45. The van der Waals surface area contributed by atoms with Gasteiger partial charge in [-0.05, 0) is 64.5 Å². The molecule has 0 saturated carbocycles. The number of esters is 1. The molecule has 7 aromatic rings. The Labute approximate surface area is 442 Å². The number of rotatable bonds is 24. The van der Waals surface area contributed by atoms with Crippen LogP contribution in [-0.2, 0) is 75.7 Å². The third-order valence-electron chi connectivity index (χ3n) is 12.9. The molecule has 0 aliphatic carbocycles. The van der Waals surface area contributed by atoms with Gasteiger partial charge in [-0.2, -0.15) is 0 Å². The molecule has 0 radical (unpaired) electrons. The van der Waals surface area contributed by atoms with Crippen molar-refractivity contribution in [3.63, 3.8) is 0 Å². The lowest BCUT2D eigenvalue weighted by Crippen LogP contribution is -2.65. The van der Waals surface area contributed by atoms with E-state index in [0.29, 0.717) is 5.56 Å². The van der Waals surface area contributed by atoms with Crippen molar-refractivity contribution in [2.45, 2.75) is 105 Å².